The van der Waals surface area contributed by atoms with Crippen LogP contribution in [0.1, 0.15) is 10.5 Å². The molecule has 0 fully saturated rings. The lowest BCUT2D eigenvalue weighted by Crippen LogP contribution is -2.31. The Labute approximate surface area is 175 Å². The summed E-state index contributed by atoms with van der Waals surface area (Å²) in [5, 5.41) is 19.8. The predicted octanol–water partition coefficient (Wildman–Crippen LogP) is 2.05. The fraction of sp³-hybridized carbons (Fsp3) is 0.100. The Balaban J connectivity index is 1.70. The van der Waals surface area contributed by atoms with Gasteiger partial charge in [0, 0.05) is 29.6 Å². The molecule has 0 aliphatic rings. The Morgan fingerprint density at radius 1 is 1.06 bits per heavy atom. The lowest BCUT2D eigenvalue weighted by molar-refractivity contribution is -0.384. The first-order chi connectivity index (χ1) is 14.9. The van der Waals surface area contributed by atoms with Crippen molar-refractivity contribution in [3.05, 3.63) is 86.8 Å². The molecule has 3 rings (SSSR count). The van der Waals surface area contributed by atoms with Crippen molar-refractivity contribution >= 4 is 28.9 Å². The van der Waals surface area contributed by atoms with E-state index >= 15 is 0 Å². The first-order valence-electron chi connectivity index (χ1n) is 8.93. The van der Waals surface area contributed by atoms with Crippen molar-refractivity contribution in [1.29, 1.82) is 0 Å². The third kappa shape index (κ3) is 5.50. The van der Waals surface area contributed by atoms with Crippen LogP contribution < -0.4 is 20.9 Å². The van der Waals surface area contributed by atoms with E-state index in [2.05, 4.69) is 15.7 Å². The molecule has 0 atom stereocenters. The van der Waals surface area contributed by atoms with Crippen LogP contribution in [-0.2, 0) is 11.3 Å². The molecule has 0 saturated heterocycles. The second kappa shape index (κ2) is 9.31. The summed E-state index contributed by atoms with van der Waals surface area (Å²) < 4.78 is 5.88. The number of amides is 2. The summed E-state index contributed by atoms with van der Waals surface area (Å²) in [6.45, 7) is -0.481. The van der Waals surface area contributed by atoms with E-state index in [4.69, 9.17) is 4.74 Å². The molecular formula is C20H17N5O6. The van der Waals surface area contributed by atoms with E-state index in [1.807, 2.05) is 0 Å². The Morgan fingerprint density at radius 3 is 2.48 bits per heavy atom. The van der Waals surface area contributed by atoms with E-state index in [9.17, 15) is 24.5 Å². The van der Waals surface area contributed by atoms with Crippen molar-refractivity contribution in [3.8, 4) is 5.75 Å². The molecule has 31 heavy (non-hydrogen) atoms. The van der Waals surface area contributed by atoms with Gasteiger partial charge in [0.1, 0.15) is 18.0 Å². The maximum absolute atomic E-state index is 12.4. The number of nitro benzene ring substituents is 1. The maximum Gasteiger partial charge on any atom is 0.276 e. The van der Waals surface area contributed by atoms with Crippen molar-refractivity contribution in [2.75, 3.05) is 17.7 Å². The summed E-state index contributed by atoms with van der Waals surface area (Å²) in [4.78, 5) is 47.0. The molecule has 1 heterocycles. The zero-order chi connectivity index (χ0) is 22.4. The van der Waals surface area contributed by atoms with Crippen molar-refractivity contribution in [1.82, 2.24) is 9.78 Å². The maximum atomic E-state index is 12.4. The van der Waals surface area contributed by atoms with E-state index in [0.29, 0.717) is 11.4 Å². The van der Waals surface area contributed by atoms with Gasteiger partial charge < -0.3 is 15.4 Å². The first-order valence-corrected chi connectivity index (χ1v) is 8.93. The van der Waals surface area contributed by atoms with Crippen LogP contribution in [-0.4, -0.2) is 33.6 Å². The summed E-state index contributed by atoms with van der Waals surface area (Å²) in [7, 11) is 1.52. The number of aromatic nitrogens is 2. The van der Waals surface area contributed by atoms with Gasteiger partial charge in [-0.3, -0.25) is 24.5 Å². The van der Waals surface area contributed by atoms with Crippen LogP contribution in [0.5, 0.6) is 5.75 Å². The molecule has 2 aromatic carbocycles. The molecule has 2 amide bonds. The Hall–Kier alpha value is -4.54. The van der Waals surface area contributed by atoms with Crippen LogP contribution >= 0.6 is 0 Å². The fourth-order valence-electron chi connectivity index (χ4n) is 2.59. The highest BCUT2D eigenvalue weighted by atomic mass is 16.6. The number of hydrogen-bond donors (Lipinski definition) is 2. The van der Waals surface area contributed by atoms with Crippen molar-refractivity contribution < 1.29 is 19.2 Å². The number of carbonyl (C=O) groups excluding carboxylic acids is 2. The average Bonchev–Trinajstić information content (AvgIpc) is 2.76. The zero-order valence-electron chi connectivity index (χ0n) is 16.3. The van der Waals surface area contributed by atoms with Crippen molar-refractivity contribution in [3.63, 3.8) is 0 Å². The highest BCUT2D eigenvalue weighted by Crippen LogP contribution is 2.17. The second-order valence-corrected chi connectivity index (χ2v) is 6.25. The normalized spacial score (nSPS) is 10.2. The molecule has 3 aromatic rings. The highest BCUT2D eigenvalue weighted by Gasteiger charge is 2.13. The smallest absolute Gasteiger partial charge is 0.276 e. The number of rotatable bonds is 7. The number of benzene rings is 2. The Morgan fingerprint density at radius 2 is 1.81 bits per heavy atom. The molecule has 2 N–H and O–H groups in total. The molecule has 1 aromatic heterocycles. The zero-order valence-corrected chi connectivity index (χ0v) is 16.3. The molecule has 11 nitrogen and oxygen atoms in total. The standard InChI is InChI=1S/C20H17N5O6/c1-31-16-7-5-13(6-8-16)22-20(28)17-9-10-19(27)24(23-17)12-18(26)21-14-3-2-4-15(11-14)25(29)30/h2-11H,12H2,1H3,(H,21,26)(H,22,28). The number of nitrogens with one attached hydrogen (secondary N) is 2. The van der Waals surface area contributed by atoms with Gasteiger partial charge in [-0.15, -0.1) is 0 Å². The Kier molecular flexibility index (Phi) is 6.36. The summed E-state index contributed by atoms with van der Waals surface area (Å²) in [6, 6.07) is 14.3. The number of nitro groups is 1. The van der Waals surface area contributed by atoms with Gasteiger partial charge in [0.25, 0.3) is 17.2 Å². The van der Waals surface area contributed by atoms with Gasteiger partial charge in [0.15, 0.2) is 0 Å². The number of carbonyl (C=O) groups is 2. The van der Waals surface area contributed by atoms with Gasteiger partial charge in [0.2, 0.25) is 5.91 Å². The van der Waals surface area contributed by atoms with Crippen LogP contribution in [0.3, 0.4) is 0 Å². The van der Waals surface area contributed by atoms with Crippen LogP contribution in [0.15, 0.2) is 65.5 Å². The van der Waals surface area contributed by atoms with Gasteiger partial charge in [-0.1, -0.05) is 6.07 Å². The number of ether oxygens (including phenoxy) is 1. The van der Waals surface area contributed by atoms with Crippen molar-refractivity contribution in [2.45, 2.75) is 6.54 Å². The molecule has 0 saturated carbocycles. The minimum absolute atomic E-state index is 0.0708. The van der Waals surface area contributed by atoms with Gasteiger partial charge in [-0.25, -0.2) is 4.68 Å². The van der Waals surface area contributed by atoms with E-state index in [0.717, 1.165) is 10.7 Å². The summed E-state index contributed by atoms with van der Waals surface area (Å²) in [6.07, 6.45) is 0. The van der Waals surface area contributed by atoms with Gasteiger partial charge in [-0.05, 0) is 36.4 Å². The summed E-state index contributed by atoms with van der Waals surface area (Å²) in [5.41, 5.74) is -0.159. The number of non-ortho nitro benzene ring substituents is 1. The first kappa shape index (κ1) is 21.2. The molecule has 0 aliphatic carbocycles. The third-order valence-electron chi connectivity index (χ3n) is 4.08. The van der Waals surface area contributed by atoms with Gasteiger partial charge >= 0.3 is 0 Å². The second-order valence-electron chi connectivity index (χ2n) is 6.25. The topological polar surface area (TPSA) is 145 Å². The lowest BCUT2D eigenvalue weighted by Gasteiger charge is -2.09. The summed E-state index contributed by atoms with van der Waals surface area (Å²) in [5.74, 6) is -0.583. The van der Waals surface area contributed by atoms with Gasteiger partial charge in [0.05, 0.1) is 12.0 Å². The number of hydrogen-bond acceptors (Lipinski definition) is 7. The molecule has 0 aliphatic heterocycles. The van der Waals surface area contributed by atoms with E-state index in [1.165, 1.54) is 37.4 Å². The minimum atomic E-state index is -0.636. The van der Waals surface area contributed by atoms with E-state index < -0.39 is 28.8 Å². The van der Waals surface area contributed by atoms with Crippen molar-refractivity contribution in [2.24, 2.45) is 0 Å². The molecule has 0 bridgehead atoms. The number of anilines is 2. The minimum Gasteiger partial charge on any atom is -0.497 e. The summed E-state index contributed by atoms with van der Waals surface area (Å²) >= 11 is 0. The quantitative estimate of drug-likeness (QED) is 0.437. The molecular weight excluding hydrogens is 406 g/mol. The van der Waals surface area contributed by atoms with E-state index in [1.54, 1.807) is 24.3 Å². The van der Waals surface area contributed by atoms with E-state index in [-0.39, 0.29) is 17.1 Å². The number of nitrogens with zero attached hydrogens (tertiary/aromatic N) is 3. The predicted molar refractivity (Wildman–Crippen MR) is 111 cm³/mol. The molecule has 0 radical (unpaired) electrons. The van der Waals surface area contributed by atoms with Crippen LogP contribution in [0.4, 0.5) is 17.1 Å². The molecule has 0 spiro atoms. The molecule has 158 valence electrons. The highest BCUT2D eigenvalue weighted by molar-refractivity contribution is 6.02. The number of methoxy groups -OCH3 is 1. The lowest BCUT2D eigenvalue weighted by atomic mass is 10.3. The molecule has 0 unspecified atom stereocenters. The van der Waals surface area contributed by atoms with Crippen LogP contribution in [0, 0.1) is 10.1 Å². The van der Waals surface area contributed by atoms with Crippen LogP contribution in [0.25, 0.3) is 0 Å². The van der Waals surface area contributed by atoms with Crippen LogP contribution in [0.2, 0.25) is 0 Å². The monoisotopic (exact) mass is 423 g/mol. The average molecular weight is 423 g/mol. The third-order valence-corrected chi connectivity index (χ3v) is 4.08. The largest absolute Gasteiger partial charge is 0.497 e. The van der Waals surface area contributed by atoms with Gasteiger partial charge in [-0.2, -0.15) is 5.10 Å². The Bertz CT molecular complexity index is 1190. The molecule has 11 heteroatoms. The fourth-order valence-corrected chi connectivity index (χ4v) is 2.59. The SMILES string of the molecule is COc1ccc(NC(=O)c2ccc(=O)n(CC(=O)Nc3cccc([N+](=O)[O-])c3)n2)cc1.